The maximum absolute atomic E-state index is 12.1. The van der Waals surface area contributed by atoms with Crippen molar-refractivity contribution >= 4 is 28.1 Å². The molecule has 1 amide bonds. The van der Waals surface area contributed by atoms with Gasteiger partial charge >= 0.3 is 0 Å². The van der Waals surface area contributed by atoms with E-state index < -0.39 is 6.10 Å². The number of nitrogens with zero attached hydrogens (tertiary/aromatic N) is 1. The Labute approximate surface area is 147 Å². The van der Waals surface area contributed by atoms with Gasteiger partial charge in [0.15, 0.2) is 11.5 Å². The molecule has 0 fully saturated rings. The van der Waals surface area contributed by atoms with Gasteiger partial charge in [-0.2, -0.15) is 5.10 Å². The van der Waals surface area contributed by atoms with Gasteiger partial charge in [0.1, 0.15) is 12.4 Å². The minimum Gasteiger partial charge on any atom is -0.496 e. The predicted octanol–water partition coefficient (Wildman–Crippen LogP) is 2.75. The fourth-order valence-corrected chi connectivity index (χ4v) is 2.71. The minimum absolute atomic E-state index is 0.145. The van der Waals surface area contributed by atoms with Crippen LogP contribution in [-0.2, 0) is 4.79 Å². The zero-order valence-electron chi connectivity index (χ0n) is 12.9. The number of halogens is 1. The van der Waals surface area contributed by atoms with E-state index in [2.05, 4.69) is 26.5 Å². The van der Waals surface area contributed by atoms with Crippen LogP contribution >= 0.6 is 15.9 Å². The van der Waals surface area contributed by atoms with Crippen LogP contribution in [0.15, 0.2) is 52.0 Å². The number of methoxy groups -OCH3 is 1. The smallest absolute Gasteiger partial charge is 0.284 e. The molecule has 3 rings (SSSR count). The summed E-state index contributed by atoms with van der Waals surface area (Å²) >= 11 is 3.40. The summed E-state index contributed by atoms with van der Waals surface area (Å²) in [6, 6.07) is 12.7. The van der Waals surface area contributed by atoms with Crippen molar-refractivity contribution in [1.29, 1.82) is 0 Å². The van der Waals surface area contributed by atoms with Gasteiger partial charge in [0.25, 0.3) is 5.91 Å². The molecule has 124 valence electrons. The van der Waals surface area contributed by atoms with Gasteiger partial charge in [-0.05, 0) is 51.8 Å². The molecule has 6 nitrogen and oxygen atoms in total. The van der Waals surface area contributed by atoms with Crippen molar-refractivity contribution in [3.05, 3.63) is 52.5 Å². The van der Waals surface area contributed by atoms with Gasteiger partial charge < -0.3 is 14.2 Å². The predicted molar refractivity (Wildman–Crippen MR) is 92.8 cm³/mol. The maximum Gasteiger partial charge on any atom is 0.284 e. The van der Waals surface area contributed by atoms with Gasteiger partial charge in [-0.15, -0.1) is 0 Å². The highest BCUT2D eigenvalue weighted by molar-refractivity contribution is 9.10. The second-order valence-electron chi connectivity index (χ2n) is 4.99. The lowest BCUT2D eigenvalue weighted by atomic mass is 10.2. The van der Waals surface area contributed by atoms with E-state index in [0.717, 1.165) is 15.8 Å². The number of rotatable bonds is 4. The average molecular weight is 391 g/mol. The third-order valence-corrected chi connectivity index (χ3v) is 3.98. The minimum atomic E-state index is -0.736. The molecule has 0 unspecified atom stereocenters. The first-order valence-electron chi connectivity index (χ1n) is 7.22. The Kier molecular flexibility index (Phi) is 5.00. The summed E-state index contributed by atoms with van der Waals surface area (Å²) in [5.74, 6) is 1.54. The Morgan fingerprint density at radius 2 is 2.12 bits per heavy atom. The molecule has 1 aliphatic heterocycles. The number of fused-ring (bicyclic) bond motifs is 1. The first-order chi connectivity index (χ1) is 11.7. The summed E-state index contributed by atoms with van der Waals surface area (Å²) in [6.45, 7) is 0.145. The molecule has 1 aliphatic rings. The van der Waals surface area contributed by atoms with Gasteiger partial charge in [-0.25, -0.2) is 5.43 Å². The van der Waals surface area contributed by atoms with E-state index in [1.807, 2.05) is 30.3 Å². The summed E-state index contributed by atoms with van der Waals surface area (Å²) in [4.78, 5) is 12.1. The number of hydrazone groups is 1. The first-order valence-corrected chi connectivity index (χ1v) is 8.01. The molecule has 2 aromatic rings. The quantitative estimate of drug-likeness (QED) is 0.643. The molecule has 0 aromatic heterocycles. The maximum atomic E-state index is 12.1. The fourth-order valence-electron chi connectivity index (χ4n) is 2.15. The number of benzene rings is 2. The normalized spacial score (nSPS) is 16.0. The molecular weight excluding hydrogens is 376 g/mol. The number of amides is 1. The van der Waals surface area contributed by atoms with E-state index in [4.69, 9.17) is 14.2 Å². The van der Waals surface area contributed by atoms with E-state index in [0.29, 0.717) is 11.5 Å². The molecule has 24 heavy (non-hydrogen) atoms. The zero-order chi connectivity index (χ0) is 16.9. The summed E-state index contributed by atoms with van der Waals surface area (Å²) in [5.41, 5.74) is 3.27. The fraction of sp³-hybridized carbons (Fsp3) is 0.176. The molecular formula is C17H15BrN2O4. The molecule has 0 bridgehead atoms. The van der Waals surface area contributed by atoms with Crippen LogP contribution in [0.4, 0.5) is 0 Å². The van der Waals surface area contributed by atoms with Gasteiger partial charge in [0.2, 0.25) is 6.10 Å². The van der Waals surface area contributed by atoms with Crippen LogP contribution in [0.3, 0.4) is 0 Å². The highest BCUT2D eigenvalue weighted by Crippen LogP contribution is 2.30. The Balaban J connectivity index is 1.59. The van der Waals surface area contributed by atoms with Gasteiger partial charge in [0.05, 0.1) is 17.8 Å². The third kappa shape index (κ3) is 3.68. The second kappa shape index (κ2) is 7.35. The molecule has 7 heteroatoms. The number of ether oxygens (including phenoxy) is 3. The van der Waals surface area contributed by atoms with Crippen LogP contribution in [-0.4, -0.2) is 31.9 Å². The second-order valence-corrected chi connectivity index (χ2v) is 5.85. The largest absolute Gasteiger partial charge is 0.496 e. The summed E-state index contributed by atoms with van der Waals surface area (Å²) < 4.78 is 17.1. The number of nitrogens with one attached hydrogen (secondary N) is 1. The summed E-state index contributed by atoms with van der Waals surface area (Å²) in [7, 11) is 1.60. The van der Waals surface area contributed by atoms with Crippen molar-refractivity contribution in [3.63, 3.8) is 0 Å². The molecule has 1 heterocycles. The van der Waals surface area contributed by atoms with Crippen LogP contribution in [0, 0.1) is 0 Å². The Morgan fingerprint density at radius 1 is 1.33 bits per heavy atom. The van der Waals surface area contributed by atoms with Crippen LogP contribution in [0.2, 0.25) is 0 Å². The van der Waals surface area contributed by atoms with Crippen LogP contribution in [0.5, 0.6) is 17.2 Å². The molecule has 0 saturated carbocycles. The van der Waals surface area contributed by atoms with Crippen LogP contribution < -0.4 is 19.6 Å². The van der Waals surface area contributed by atoms with E-state index >= 15 is 0 Å². The number of para-hydroxylation sites is 2. The molecule has 0 aliphatic carbocycles. The van der Waals surface area contributed by atoms with Gasteiger partial charge in [-0.1, -0.05) is 12.1 Å². The Bertz CT molecular complexity index is 779. The third-order valence-electron chi connectivity index (χ3n) is 3.37. The van der Waals surface area contributed by atoms with E-state index in [9.17, 15) is 4.79 Å². The number of hydrogen-bond donors (Lipinski definition) is 1. The first kappa shape index (κ1) is 16.3. The lowest BCUT2D eigenvalue weighted by molar-refractivity contribution is -0.130. The van der Waals surface area contributed by atoms with Crippen LogP contribution in [0.25, 0.3) is 0 Å². The van der Waals surface area contributed by atoms with E-state index in [-0.39, 0.29) is 12.5 Å². The Morgan fingerprint density at radius 3 is 2.88 bits per heavy atom. The lowest BCUT2D eigenvalue weighted by Crippen LogP contribution is -2.42. The molecule has 0 saturated heterocycles. The lowest BCUT2D eigenvalue weighted by Gasteiger charge is -2.24. The molecule has 1 N–H and O–H groups in total. The highest BCUT2D eigenvalue weighted by atomic mass is 79.9. The van der Waals surface area contributed by atoms with Crippen molar-refractivity contribution < 1.29 is 19.0 Å². The van der Waals surface area contributed by atoms with Gasteiger partial charge in [0, 0.05) is 0 Å². The number of hydrogen-bond acceptors (Lipinski definition) is 5. The standard InChI is InChI=1S/C17H15BrN2O4/c1-22-13-7-6-11(8-12(13)18)9-19-20-17(21)16-10-23-14-4-2-3-5-15(14)24-16/h2-9,16H,10H2,1H3,(H,20,21)/t16-/m1/s1. The average Bonchev–Trinajstić information content (AvgIpc) is 2.61. The van der Waals surface area contributed by atoms with E-state index in [1.54, 1.807) is 25.5 Å². The summed E-state index contributed by atoms with van der Waals surface area (Å²) in [5, 5.41) is 3.95. The molecule has 0 radical (unpaired) electrons. The van der Waals surface area contributed by atoms with Crippen molar-refractivity contribution in [2.24, 2.45) is 5.10 Å². The molecule has 2 aromatic carbocycles. The van der Waals surface area contributed by atoms with Crippen molar-refractivity contribution in [3.8, 4) is 17.2 Å². The monoisotopic (exact) mass is 390 g/mol. The molecule has 0 spiro atoms. The highest BCUT2D eigenvalue weighted by Gasteiger charge is 2.26. The zero-order valence-corrected chi connectivity index (χ0v) is 14.4. The van der Waals surface area contributed by atoms with Gasteiger partial charge in [-0.3, -0.25) is 4.79 Å². The van der Waals surface area contributed by atoms with Crippen molar-refractivity contribution in [1.82, 2.24) is 5.43 Å². The SMILES string of the molecule is COc1ccc(C=NNC(=O)[C@H]2COc3ccccc3O2)cc1Br. The molecule has 1 atom stereocenters. The van der Waals surface area contributed by atoms with E-state index in [1.165, 1.54) is 0 Å². The number of carbonyl (C=O) groups excluding carboxylic acids is 1. The summed E-state index contributed by atoms with van der Waals surface area (Å²) in [6.07, 6.45) is 0.805. The Hall–Kier alpha value is -2.54. The number of carbonyl (C=O) groups is 1. The van der Waals surface area contributed by atoms with Crippen LogP contribution in [0.1, 0.15) is 5.56 Å². The van der Waals surface area contributed by atoms with Crippen molar-refractivity contribution in [2.75, 3.05) is 13.7 Å². The topological polar surface area (TPSA) is 69.2 Å². The van der Waals surface area contributed by atoms with Crippen molar-refractivity contribution in [2.45, 2.75) is 6.10 Å².